The summed E-state index contributed by atoms with van der Waals surface area (Å²) >= 11 is 0. The zero-order valence-electron chi connectivity index (χ0n) is 10.2. The summed E-state index contributed by atoms with van der Waals surface area (Å²) in [6.07, 6.45) is 3.58. The van der Waals surface area contributed by atoms with Gasteiger partial charge in [-0.2, -0.15) is 0 Å². The zero-order valence-corrected chi connectivity index (χ0v) is 10.2. The Balaban J connectivity index is 1.94. The van der Waals surface area contributed by atoms with Crippen LogP contribution < -0.4 is 5.32 Å². The summed E-state index contributed by atoms with van der Waals surface area (Å²) in [7, 11) is 0. The van der Waals surface area contributed by atoms with Crippen molar-refractivity contribution in [2.24, 2.45) is 0 Å². The van der Waals surface area contributed by atoms with Crippen molar-refractivity contribution in [1.29, 1.82) is 0 Å². The number of piperidine rings is 1. The van der Waals surface area contributed by atoms with Gasteiger partial charge < -0.3 is 10.4 Å². The van der Waals surface area contributed by atoms with E-state index in [-0.39, 0.29) is 5.82 Å². The first-order valence-electron chi connectivity index (χ1n) is 6.34. The van der Waals surface area contributed by atoms with Crippen molar-refractivity contribution >= 4 is 0 Å². The Hall–Kier alpha value is -0.930. The minimum absolute atomic E-state index is 0.286. The second kappa shape index (κ2) is 5.61. The molecule has 2 N–H and O–H groups in total. The molecule has 0 spiro atoms. The molecule has 0 saturated carbocycles. The van der Waals surface area contributed by atoms with Crippen molar-refractivity contribution in [1.82, 2.24) is 5.32 Å². The fourth-order valence-corrected chi connectivity index (χ4v) is 2.54. The van der Waals surface area contributed by atoms with Gasteiger partial charge in [0.2, 0.25) is 0 Å². The summed E-state index contributed by atoms with van der Waals surface area (Å²) < 4.78 is 13.0. The monoisotopic (exact) mass is 237 g/mol. The fraction of sp³-hybridized carbons (Fsp3) is 0.571. The first-order valence-corrected chi connectivity index (χ1v) is 6.34. The third-order valence-electron chi connectivity index (χ3n) is 3.45. The molecule has 1 aromatic carbocycles. The highest BCUT2D eigenvalue weighted by Gasteiger charge is 2.21. The van der Waals surface area contributed by atoms with Gasteiger partial charge in [-0.05, 0) is 43.9 Å². The molecule has 0 aliphatic carbocycles. The maximum atomic E-state index is 13.0. The minimum Gasteiger partial charge on any atom is -0.388 e. The standard InChI is InChI=1S/C14H20FNO/c1-10-4-2-7-13(16-10)9-14(17)11-5-3-6-12(15)8-11/h3,5-6,8,10,13-14,16-17H,2,4,7,9H2,1H3. The maximum absolute atomic E-state index is 13.0. The van der Waals surface area contributed by atoms with Crippen molar-refractivity contribution in [3.63, 3.8) is 0 Å². The molecule has 0 radical (unpaired) electrons. The normalized spacial score (nSPS) is 26.8. The summed E-state index contributed by atoms with van der Waals surface area (Å²) in [5, 5.41) is 13.6. The smallest absolute Gasteiger partial charge is 0.123 e. The van der Waals surface area contributed by atoms with Crippen molar-refractivity contribution in [3.05, 3.63) is 35.6 Å². The van der Waals surface area contributed by atoms with Crippen LogP contribution in [-0.2, 0) is 0 Å². The molecule has 0 amide bonds. The molecule has 3 heteroatoms. The van der Waals surface area contributed by atoms with E-state index in [9.17, 15) is 9.50 Å². The highest BCUT2D eigenvalue weighted by molar-refractivity contribution is 5.18. The molecule has 3 atom stereocenters. The van der Waals surface area contributed by atoms with Gasteiger partial charge in [0.05, 0.1) is 6.10 Å². The Kier molecular flexibility index (Phi) is 4.13. The molecular weight excluding hydrogens is 217 g/mol. The lowest BCUT2D eigenvalue weighted by Crippen LogP contribution is -2.41. The second-order valence-electron chi connectivity index (χ2n) is 5.00. The van der Waals surface area contributed by atoms with E-state index < -0.39 is 6.10 Å². The number of nitrogens with one attached hydrogen (secondary N) is 1. The highest BCUT2D eigenvalue weighted by Crippen LogP contribution is 2.23. The van der Waals surface area contributed by atoms with Crippen molar-refractivity contribution in [2.45, 2.75) is 50.8 Å². The predicted molar refractivity (Wildman–Crippen MR) is 66.2 cm³/mol. The van der Waals surface area contributed by atoms with Crippen LogP contribution in [0.4, 0.5) is 4.39 Å². The Morgan fingerprint density at radius 2 is 2.29 bits per heavy atom. The molecular formula is C14H20FNO. The van der Waals surface area contributed by atoms with Crippen LogP contribution in [0.25, 0.3) is 0 Å². The number of hydrogen-bond donors (Lipinski definition) is 2. The van der Waals surface area contributed by atoms with Crippen LogP contribution in [0.3, 0.4) is 0 Å². The van der Waals surface area contributed by atoms with E-state index in [2.05, 4.69) is 12.2 Å². The number of benzene rings is 1. The van der Waals surface area contributed by atoms with Crippen LogP contribution >= 0.6 is 0 Å². The molecule has 0 bridgehead atoms. The SMILES string of the molecule is CC1CCCC(CC(O)c2cccc(F)c2)N1. The van der Waals surface area contributed by atoms with Gasteiger partial charge in [0.25, 0.3) is 0 Å². The van der Waals surface area contributed by atoms with Crippen molar-refractivity contribution < 1.29 is 9.50 Å². The molecule has 0 aromatic heterocycles. The Labute approximate surface area is 102 Å². The Bertz CT molecular complexity index is 369. The molecule has 1 heterocycles. The van der Waals surface area contributed by atoms with E-state index in [0.717, 1.165) is 6.42 Å². The molecule has 3 unspecified atom stereocenters. The number of rotatable bonds is 3. The van der Waals surface area contributed by atoms with Gasteiger partial charge in [0.1, 0.15) is 5.82 Å². The van der Waals surface area contributed by atoms with E-state index in [0.29, 0.717) is 24.1 Å². The first-order chi connectivity index (χ1) is 8.15. The number of halogens is 1. The quantitative estimate of drug-likeness (QED) is 0.847. The number of aliphatic hydroxyl groups excluding tert-OH is 1. The molecule has 1 aliphatic rings. The first kappa shape index (κ1) is 12.5. The van der Waals surface area contributed by atoms with Crippen LogP contribution in [0, 0.1) is 5.82 Å². The molecule has 1 aliphatic heterocycles. The second-order valence-corrected chi connectivity index (χ2v) is 5.00. The van der Waals surface area contributed by atoms with Crippen LogP contribution in [-0.4, -0.2) is 17.2 Å². The van der Waals surface area contributed by atoms with Gasteiger partial charge in [-0.1, -0.05) is 18.6 Å². The summed E-state index contributed by atoms with van der Waals surface area (Å²) in [6.45, 7) is 2.17. The molecule has 2 rings (SSSR count). The highest BCUT2D eigenvalue weighted by atomic mass is 19.1. The molecule has 1 aromatic rings. The van der Waals surface area contributed by atoms with E-state index in [1.807, 2.05) is 0 Å². The van der Waals surface area contributed by atoms with Crippen LogP contribution in [0.5, 0.6) is 0 Å². The fourth-order valence-electron chi connectivity index (χ4n) is 2.54. The molecule has 94 valence electrons. The molecule has 1 saturated heterocycles. The van der Waals surface area contributed by atoms with E-state index in [1.165, 1.54) is 25.0 Å². The third kappa shape index (κ3) is 3.51. The minimum atomic E-state index is -0.575. The van der Waals surface area contributed by atoms with Crippen LogP contribution in [0.1, 0.15) is 44.3 Å². The summed E-state index contributed by atoms with van der Waals surface area (Å²) in [6, 6.07) is 7.10. The van der Waals surface area contributed by atoms with Gasteiger partial charge in [0, 0.05) is 12.1 Å². The summed E-state index contributed by atoms with van der Waals surface area (Å²) in [5.74, 6) is -0.286. The van der Waals surface area contributed by atoms with E-state index in [4.69, 9.17) is 0 Å². The maximum Gasteiger partial charge on any atom is 0.123 e. The van der Waals surface area contributed by atoms with E-state index >= 15 is 0 Å². The Morgan fingerprint density at radius 3 is 3.00 bits per heavy atom. The largest absolute Gasteiger partial charge is 0.388 e. The van der Waals surface area contributed by atoms with Crippen LogP contribution in [0.15, 0.2) is 24.3 Å². The number of aliphatic hydroxyl groups is 1. The van der Waals surface area contributed by atoms with Crippen molar-refractivity contribution in [2.75, 3.05) is 0 Å². The van der Waals surface area contributed by atoms with E-state index in [1.54, 1.807) is 12.1 Å². The topological polar surface area (TPSA) is 32.3 Å². The van der Waals surface area contributed by atoms with Gasteiger partial charge in [-0.25, -0.2) is 4.39 Å². The molecule has 17 heavy (non-hydrogen) atoms. The zero-order chi connectivity index (χ0) is 12.3. The molecule has 2 nitrogen and oxygen atoms in total. The summed E-state index contributed by atoms with van der Waals surface area (Å²) in [5.41, 5.74) is 0.671. The lowest BCUT2D eigenvalue weighted by Gasteiger charge is -2.30. The summed E-state index contributed by atoms with van der Waals surface area (Å²) in [4.78, 5) is 0. The average molecular weight is 237 g/mol. The van der Waals surface area contributed by atoms with Crippen LogP contribution in [0.2, 0.25) is 0 Å². The van der Waals surface area contributed by atoms with Gasteiger partial charge >= 0.3 is 0 Å². The lowest BCUT2D eigenvalue weighted by molar-refractivity contribution is 0.139. The Morgan fingerprint density at radius 1 is 1.47 bits per heavy atom. The lowest BCUT2D eigenvalue weighted by atomic mass is 9.93. The van der Waals surface area contributed by atoms with Gasteiger partial charge in [-0.3, -0.25) is 0 Å². The molecule has 1 fully saturated rings. The van der Waals surface area contributed by atoms with Crippen molar-refractivity contribution in [3.8, 4) is 0 Å². The number of hydrogen-bond acceptors (Lipinski definition) is 2. The third-order valence-corrected chi connectivity index (χ3v) is 3.45. The predicted octanol–water partition coefficient (Wildman–Crippen LogP) is 2.78. The van der Waals surface area contributed by atoms with Gasteiger partial charge in [0.15, 0.2) is 0 Å². The average Bonchev–Trinajstić information content (AvgIpc) is 2.29. The van der Waals surface area contributed by atoms with Gasteiger partial charge in [-0.15, -0.1) is 0 Å².